The number of aromatic nitrogens is 3. The van der Waals surface area contributed by atoms with Crippen LogP contribution in [0.3, 0.4) is 0 Å². The molecular weight excluding hydrogens is 302 g/mol. The lowest BCUT2D eigenvalue weighted by Gasteiger charge is -2.02. The molecule has 0 bridgehead atoms. The van der Waals surface area contributed by atoms with Crippen LogP contribution in [0.1, 0.15) is 35.3 Å². The summed E-state index contributed by atoms with van der Waals surface area (Å²) in [4.78, 5) is 4.29. The Morgan fingerprint density at radius 2 is 2.04 bits per heavy atom. The van der Waals surface area contributed by atoms with Gasteiger partial charge in [0.2, 0.25) is 5.76 Å². The Labute approximate surface area is 140 Å². The second-order valence-corrected chi connectivity index (χ2v) is 5.43. The Bertz CT molecular complexity index is 851. The molecule has 0 saturated heterocycles. The van der Waals surface area contributed by atoms with Gasteiger partial charge in [-0.2, -0.15) is 0 Å². The van der Waals surface area contributed by atoms with E-state index >= 15 is 0 Å². The highest BCUT2D eigenvalue weighted by Crippen LogP contribution is 2.08. The molecule has 24 heavy (non-hydrogen) atoms. The largest absolute Gasteiger partial charge is 0.396 e. The van der Waals surface area contributed by atoms with E-state index in [0.29, 0.717) is 18.7 Å². The molecule has 0 aliphatic heterocycles. The highest BCUT2D eigenvalue weighted by molar-refractivity contribution is 5.40. The topological polar surface area (TPSA) is 64.1 Å². The number of hydrogen-bond acceptors (Lipinski definition) is 4. The smallest absolute Gasteiger partial charge is 0.210 e. The zero-order valence-electron chi connectivity index (χ0n) is 13.6. The third-order valence-electron chi connectivity index (χ3n) is 3.69. The van der Waals surface area contributed by atoms with Gasteiger partial charge >= 0.3 is 0 Å². The third-order valence-corrected chi connectivity index (χ3v) is 3.69. The maximum atomic E-state index is 8.92. The van der Waals surface area contributed by atoms with Gasteiger partial charge in [-0.25, -0.2) is 4.98 Å². The van der Waals surface area contributed by atoms with E-state index in [0.717, 1.165) is 29.1 Å². The molecule has 0 aliphatic rings. The first-order valence-corrected chi connectivity index (χ1v) is 7.96. The number of imidazole rings is 1. The van der Waals surface area contributed by atoms with E-state index in [4.69, 9.17) is 9.63 Å². The van der Waals surface area contributed by atoms with Crippen molar-refractivity contribution in [2.75, 3.05) is 6.61 Å². The Morgan fingerprint density at radius 3 is 2.79 bits per heavy atom. The van der Waals surface area contributed by atoms with Crippen LogP contribution in [-0.2, 0) is 19.4 Å². The average Bonchev–Trinajstić information content (AvgIpc) is 3.24. The fraction of sp³-hybridized carbons (Fsp3) is 0.263. The van der Waals surface area contributed by atoms with Crippen LogP contribution in [0.15, 0.2) is 47.2 Å². The molecular formula is C19H19N3O2. The molecule has 0 unspecified atom stereocenters. The Balaban J connectivity index is 1.68. The summed E-state index contributed by atoms with van der Waals surface area (Å²) in [5, 5.41) is 13.0. The van der Waals surface area contributed by atoms with Crippen molar-refractivity contribution in [2.24, 2.45) is 0 Å². The van der Waals surface area contributed by atoms with Gasteiger partial charge in [-0.1, -0.05) is 30.1 Å². The van der Waals surface area contributed by atoms with E-state index in [1.54, 1.807) is 6.20 Å². The third kappa shape index (κ3) is 3.92. The molecule has 3 aromatic rings. The van der Waals surface area contributed by atoms with Crippen molar-refractivity contribution in [2.45, 2.75) is 26.3 Å². The summed E-state index contributed by atoms with van der Waals surface area (Å²) in [6.45, 7) is 2.86. The number of aliphatic hydroxyl groups is 1. The normalized spacial score (nSPS) is 10.4. The molecule has 5 nitrogen and oxygen atoms in total. The summed E-state index contributed by atoms with van der Waals surface area (Å²) in [6.07, 6.45) is 5.27. The van der Waals surface area contributed by atoms with Crippen LogP contribution in [0.25, 0.3) is 0 Å². The molecule has 122 valence electrons. The van der Waals surface area contributed by atoms with Crippen molar-refractivity contribution >= 4 is 0 Å². The Hall–Kier alpha value is -2.84. The van der Waals surface area contributed by atoms with Gasteiger partial charge in [0.1, 0.15) is 11.5 Å². The van der Waals surface area contributed by atoms with E-state index in [1.807, 2.05) is 36.5 Å². The fourth-order valence-corrected chi connectivity index (χ4v) is 2.44. The van der Waals surface area contributed by atoms with Gasteiger partial charge in [0, 0.05) is 37.1 Å². The van der Waals surface area contributed by atoms with Crippen molar-refractivity contribution < 1.29 is 9.63 Å². The monoisotopic (exact) mass is 321 g/mol. The second kappa shape index (κ2) is 7.62. The maximum absolute atomic E-state index is 8.92. The van der Waals surface area contributed by atoms with Crippen LogP contribution in [0.4, 0.5) is 0 Å². The Morgan fingerprint density at radius 1 is 1.21 bits per heavy atom. The number of aryl methyl sites for hydroxylation is 1. The molecule has 0 atom stereocenters. The van der Waals surface area contributed by atoms with Crippen LogP contribution in [0.5, 0.6) is 0 Å². The second-order valence-electron chi connectivity index (χ2n) is 5.43. The molecule has 0 amide bonds. The molecule has 1 N–H and O–H groups in total. The minimum absolute atomic E-state index is 0.155. The molecule has 0 radical (unpaired) electrons. The highest BCUT2D eigenvalue weighted by Gasteiger charge is 2.06. The van der Waals surface area contributed by atoms with Crippen molar-refractivity contribution in [3.05, 3.63) is 71.1 Å². The molecule has 0 saturated carbocycles. The lowest BCUT2D eigenvalue weighted by Crippen LogP contribution is -2.03. The molecule has 5 heteroatoms. The van der Waals surface area contributed by atoms with Crippen LogP contribution in [0, 0.1) is 11.8 Å². The highest BCUT2D eigenvalue weighted by atomic mass is 16.5. The van der Waals surface area contributed by atoms with Gasteiger partial charge in [0.25, 0.3) is 0 Å². The molecule has 2 aromatic heterocycles. The van der Waals surface area contributed by atoms with Crippen LogP contribution >= 0.6 is 0 Å². The van der Waals surface area contributed by atoms with E-state index in [1.165, 1.54) is 0 Å². The molecule has 0 aliphatic carbocycles. The standard InChI is InChI=1S/C19H19N3O2/c1-2-19-20-10-11-22(19)14-17-13-18(24-21-17)8-7-15-3-5-16(6-4-15)9-12-23/h3-6,10-11,13,23H,2,9,12,14H2,1H3. The maximum Gasteiger partial charge on any atom is 0.210 e. The average molecular weight is 321 g/mol. The zero-order valence-corrected chi connectivity index (χ0v) is 13.6. The minimum Gasteiger partial charge on any atom is -0.396 e. The first-order valence-electron chi connectivity index (χ1n) is 7.96. The summed E-state index contributed by atoms with van der Waals surface area (Å²) < 4.78 is 7.33. The van der Waals surface area contributed by atoms with Gasteiger partial charge in [0.15, 0.2) is 0 Å². The lowest BCUT2D eigenvalue weighted by molar-refractivity contribution is 0.299. The van der Waals surface area contributed by atoms with Crippen molar-refractivity contribution in [1.82, 2.24) is 14.7 Å². The predicted molar refractivity (Wildman–Crippen MR) is 90.4 cm³/mol. The van der Waals surface area contributed by atoms with Crippen molar-refractivity contribution in [3.8, 4) is 11.8 Å². The lowest BCUT2D eigenvalue weighted by atomic mass is 10.1. The zero-order chi connectivity index (χ0) is 16.8. The van der Waals surface area contributed by atoms with Crippen LogP contribution < -0.4 is 0 Å². The van der Waals surface area contributed by atoms with Gasteiger partial charge < -0.3 is 14.2 Å². The van der Waals surface area contributed by atoms with Crippen molar-refractivity contribution in [1.29, 1.82) is 0 Å². The number of benzene rings is 1. The van der Waals surface area contributed by atoms with Gasteiger partial charge in [-0.3, -0.25) is 0 Å². The quantitative estimate of drug-likeness (QED) is 0.733. The van der Waals surface area contributed by atoms with Crippen LogP contribution in [0.2, 0.25) is 0 Å². The van der Waals surface area contributed by atoms with Gasteiger partial charge in [-0.15, -0.1) is 0 Å². The minimum atomic E-state index is 0.155. The number of hydrogen-bond donors (Lipinski definition) is 1. The van der Waals surface area contributed by atoms with E-state index < -0.39 is 0 Å². The Kier molecular flexibility index (Phi) is 5.09. The summed E-state index contributed by atoms with van der Waals surface area (Å²) in [5.74, 6) is 7.61. The molecule has 2 heterocycles. The number of rotatable bonds is 5. The predicted octanol–water partition coefficient (Wildman–Crippen LogP) is 2.42. The molecule has 3 rings (SSSR count). The summed E-state index contributed by atoms with van der Waals surface area (Å²) in [7, 11) is 0. The first kappa shape index (κ1) is 16.0. The van der Waals surface area contributed by atoms with E-state index in [2.05, 4.69) is 33.5 Å². The number of aliphatic hydroxyl groups excluding tert-OH is 1. The molecule has 0 fully saturated rings. The van der Waals surface area contributed by atoms with Crippen molar-refractivity contribution in [3.63, 3.8) is 0 Å². The van der Waals surface area contributed by atoms with E-state index in [9.17, 15) is 0 Å². The summed E-state index contributed by atoms with van der Waals surface area (Å²) in [5.41, 5.74) is 2.82. The van der Waals surface area contributed by atoms with Gasteiger partial charge in [0.05, 0.1) is 6.54 Å². The fourth-order valence-electron chi connectivity index (χ4n) is 2.44. The SMILES string of the molecule is CCc1nccn1Cc1cc(C#Cc2ccc(CCO)cc2)on1. The summed E-state index contributed by atoms with van der Waals surface area (Å²) in [6, 6.07) is 9.67. The van der Waals surface area contributed by atoms with Crippen LogP contribution in [-0.4, -0.2) is 26.4 Å². The summed E-state index contributed by atoms with van der Waals surface area (Å²) >= 11 is 0. The first-order chi connectivity index (χ1) is 11.8. The molecule has 0 spiro atoms. The number of nitrogens with zero attached hydrogens (tertiary/aromatic N) is 3. The molecule has 1 aromatic carbocycles. The van der Waals surface area contributed by atoms with Gasteiger partial charge in [-0.05, 0) is 30.0 Å². The van der Waals surface area contributed by atoms with E-state index in [-0.39, 0.29) is 6.61 Å².